The summed E-state index contributed by atoms with van der Waals surface area (Å²) >= 11 is 1.51. The number of hydrogen-bond donors (Lipinski definition) is 1. The van der Waals surface area contributed by atoms with E-state index in [0.29, 0.717) is 50.7 Å². The molecule has 270 valence electrons. The van der Waals surface area contributed by atoms with Gasteiger partial charge in [0.25, 0.3) is 0 Å². The van der Waals surface area contributed by atoms with E-state index in [2.05, 4.69) is 42.0 Å². The van der Waals surface area contributed by atoms with Gasteiger partial charge in [0, 0.05) is 82.1 Å². The number of halogens is 1. The van der Waals surface area contributed by atoms with Crippen LogP contribution in [-0.2, 0) is 16.0 Å². The fourth-order valence-corrected chi connectivity index (χ4v) is 9.72. The number of likely N-dealkylation sites (tertiary alicyclic amines) is 1. The molecule has 3 saturated heterocycles. The van der Waals surface area contributed by atoms with Gasteiger partial charge in [0.1, 0.15) is 11.2 Å². The van der Waals surface area contributed by atoms with Crippen LogP contribution in [-0.4, -0.2) is 107 Å². The minimum atomic E-state index is -0.522. The van der Waals surface area contributed by atoms with Crippen molar-refractivity contribution in [3.05, 3.63) is 59.4 Å². The minimum absolute atomic E-state index is 0.0173. The van der Waals surface area contributed by atoms with Crippen LogP contribution in [0.3, 0.4) is 0 Å². The highest BCUT2D eigenvalue weighted by molar-refractivity contribution is 8.01. The van der Waals surface area contributed by atoms with E-state index in [4.69, 9.17) is 0 Å². The van der Waals surface area contributed by atoms with Crippen molar-refractivity contribution < 1.29 is 18.8 Å². The molecule has 1 aliphatic carbocycles. The lowest BCUT2D eigenvalue weighted by molar-refractivity contribution is -0.137. The van der Waals surface area contributed by atoms with Crippen LogP contribution in [0.2, 0.25) is 0 Å². The predicted octanol–water partition coefficient (Wildman–Crippen LogP) is 6.35. The lowest BCUT2D eigenvalue weighted by Gasteiger charge is -2.44. The van der Waals surface area contributed by atoms with Crippen LogP contribution in [0.25, 0.3) is 0 Å². The summed E-state index contributed by atoms with van der Waals surface area (Å²) in [6, 6.07) is 13.9. The minimum Gasteiger partial charge on any atom is -0.366 e. The standard InChI is InChI=1S/C39H53FN6O3S/c1-39(2,3)17-21-46-36(48)33(50-37(46)30-11-7-12-31(40)35(30)44-24-22-42(23-25-44)28-9-6-10-28)26-34(47)43-18-15-29(16-19-43)45-20-14-27-8-4-5-13-32(27)41-38(45)49/h4-5,7-8,11-13,28-29,33,37H,6,9-10,14-26H2,1-3H3,(H,41,49)/t33-,37?/m0/s1. The quantitative estimate of drug-likeness (QED) is 0.345. The molecule has 9 nitrogen and oxygen atoms in total. The molecule has 2 atom stereocenters. The van der Waals surface area contributed by atoms with Crippen LogP contribution < -0.4 is 10.2 Å². The summed E-state index contributed by atoms with van der Waals surface area (Å²) in [6.07, 6.45) is 6.98. The highest BCUT2D eigenvalue weighted by Crippen LogP contribution is 2.48. The molecule has 0 bridgehead atoms. The number of anilines is 2. The summed E-state index contributed by atoms with van der Waals surface area (Å²) < 4.78 is 15.8. The van der Waals surface area contributed by atoms with Crippen molar-refractivity contribution in [3.63, 3.8) is 0 Å². The number of thioether (sulfide) groups is 1. The third kappa shape index (κ3) is 7.49. The molecule has 2 aromatic carbocycles. The van der Waals surface area contributed by atoms with E-state index in [1.165, 1.54) is 37.1 Å². The van der Waals surface area contributed by atoms with Crippen LogP contribution in [0, 0.1) is 11.2 Å². The van der Waals surface area contributed by atoms with Gasteiger partial charge in [0.15, 0.2) is 0 Å². The zero-order chi connectivity index (χ0) is 35.0. The number of nitrogens with zero attached hydrogens (tertiary/aromatic N) is 5. The highest BCUT2D eigenvalue weighted by Gasteiger charge is 2.45. The van der Waals surface area contributed by atoms with Crippen LogP contribution >= 0.6 is 11.8 Å². The van der Waals surface area contributed by atoms with Crippen molar-refractivity contribution in [2.75, 3.05) is 62.6 Å². The first-order valence-corrected chi connectivity index (χ1v) is 19.7. The van der Waals surface area contributed by atoms with Gasteiger partial charge in [0.05, 0.1) is 10.9 Å². The number of para-hydroxylation sites is 2. The van der Waals surface area contributed by atoms with E-state index in [9.17, 15) is 14.4 Å². The summed E-state index contributed by atoms with van der Waals surface area (Å²) in [5.41, 5.74) is 3.48. The Morgan fingerprint density at radius 3 is 2.34 bits per heavy atom. The number of piperidine rings is 1. The smallest absolute Gasteiger partial charge is 0.322 e. The first-order valence-electron chi connectivity index (χ1n) is 18.7. The highest BCUT2D eigenvalue weighted by atomic mass is 32.2. The number of carbonyl (C=O) groups is 3. The average Bonchev–Trinajstić information content (AvgIpc) is 3.26. The summed E-state index contributed by atoms with van der Waals surface area (Å²) in [5.74, 6) is -0.295. The lowest BCUT2D eigenvalue weighted by atomic mass is 9.91. The topological polar surface area (TPSA) is 79.4 Å². The molecule has 0 aromatic heterocycles. The van der Waals surface area contributed by atoms with Crippen LogP contribution in [0.5, 0.6) is 0 Å². The molecule has 11 heteroatoms. The van der Waals surface area contributed by atoms with Gasteiger partial charge < -0.3 is 24.9 Å². The maximum atomic E-state index is 15.8. The van der Waals surface area contributed by atoms with Crippen molar-refractivity contribution in [1.29, 1.82) is 0 Å². The Labute approximate surface area is 300 Å². The van der Waals surface area contributed by atoms with Gasteiger partial charge in [-0.3, -0.25) is 14.5 Å². The zero-order valence-corrected chi connectivity index (χ0v) is 30.7. The summed E-state index contributed by atoms with van der Waals surface area (Å²) in [6.45, 7) is 12.2. The molecule has 2 aromatic rings. The Kier molecular flexibility index (Phi) is 10.3. The van der Waals surface area contributed by atoms with Gasteiger partial charge in [-0.2, -0.15) is 0 Å². The first-order chi connectivity index (χ1) is 24.1. The summed E-state index contributed by atoms with van der Waals surface area (Å²) in [4.78, 5) is 51.5. The molecule has 1 unspecified atom stereocenters. The van der Waals surface area contributed by atoms with E-state index in [1.54, 1.807) is 6.07 Å². The number of benzene rings is 2. The maximum Gasteiger partial charge on any atom is 0.322 e. The number of nitrogens with one attached hydrogen (secondary N) is 1. The van der Waals surface area contributed by atoms with Gasteiger partial charge in [-0.05, 0) is 61.6 Å². The number of urea groups is 1. The average molecular weight is 705 g/mol. The molecule has 1 saturated carbocycles. The van der Waals surface area contributed by atoms with E-state index >= 15 is 4.39 Å². The van der Waals surface area contributed by atoms with Crippen molar-refractivity contribution in [2.45, 2.75) is 94.8 Å². The normalized spacial score (nSPS) is 24.2. The monoisotopic (exact) mass is 704 g/mol. The maximum absolute atomic E-state index is 15.8. The number of amides is 4. The van der Waals surface area contributed by atoms with Crippen molar-refractivity contribution >= 4 is 41.0 Å². The molecule has 1 N–H and O–H groups in total. The summed E-state index contributed by atoms with van der Waals surface area (Å²) in [7, 11) is 0. The van der Waals surface area contributed by atoms with Gasteiger partial charge >= 0.3 is 6.03 Å². The first kappa shape index (κ1) is 35.1. The number of hydrogen-bond acceptors (Lipinski definition) is 6. The second-order valence-corrected chi connectivity index (χ2v) is 17.2. The van der Waals surface area contributed by atoms with E-state index < -0.39 is 5.25 Å². The molecular formula is C39H53FN6O3S. The molecule has 5 aliphatic rings. The Bertz CT molecular complexity index is 1560. The van der Waals surface area contributed by atoms with Crippen molar-refractivity contribution in [3.8, 4) is 0 Å². The third-order valence-corrected chi connectivity index (χ3v) is 13.0. The molecule has 7 rings (SSSR count). The molecule has 50 heavy (non-hydrogen) atoms. The lowest BCUT2D eigenvalue weighted by Crippen LogP contribution is -2.52. The number of rotatable bonds is 8. The SMILES string of the molecule is CC(C)(C)CCN1C(=O)[C@H](CC(=O)N2CCC(N3CCc4ccccc4NC3=O)CC2)SC1c1cccc(F)c1N1CCN(C2CCC2)CC1. The van der Waals surface area contributed by atoms with Gasteiger partial charge in [0.2, 0.25) is 11.8 Å². The van der Waals surface area contributed by atoms with Crippen molar-refractivity contribution in [2.24, 2.45) is 5.41 Å². The van der Waals surface area contributed by atoms with Gasteiger partial charge in [-0.15, -0.1) is 11.8 Å². The van der Waals surface area contributed by atoms with Crippen LogP contribution in [0.4, 0.5) is 20.6 Å². The number of fused-ring (bicyclic) bond motifs is 1. The molecule has 4 amide bonds. The number of carbonyl (C=O) groups excluding carboxylic acids is 3. The Morgan fingerprint density at radius 2 is 1.64 bits per heavy atom. The summed E-state index contributed by atoms with van der Waals surface area (Å²) in [5, 5.41) is 2.20. The molecule has 4 aliphatic heterocycles. The molecule has 4 fully saturated rings. The van der Waals surface area contributed by atoms with Crippen LogP contribution in [0.15, 0.2) is 42.5 Å². The second-order valence-electron chi connectivity index (χ2n) is 16.0. The van der Waals surface area contributed by atoms with E-state index in [0.717, 1.165) is 55.8 Å². The molecule has 4 heterocycles. The van der Waals surface area contributed by atoms with Crippen LogP contribution in [0.1, 0.15) is 82.2 Å². The second kappa shape index (κ2) is 14.7. The van der Waals surface area contributed by atoms with E-state index in [1.807, 2.05) is 39.0 Å². The third-order valence-electron chi connectivity index (χ3n) is 11.5. The number of piperazine rings is 1. The van der Waals surface area contributed by atoms with Gasteiger partial charge in [-0.1, -0.05) is 57.5 Å². The Morgan fingerprint density at radius 1 is 0.900 bits per heavy atom. The Hall–Kier alpha value is -3.31. The predicted molar refractivity (Wildman–Crippen MR) is 198 cm³/mol. The molecule has 0 radical (unpaired) electrons. The zero-order valence-electron chi connectivity index (χ0n) is 29.9. The van der Waals surface area contributed by atoms with Crippen molar-refractivity contribution in [1.82, 2.24) is 19.6 Å². The largest absolute Gasteiger partial charge is 0.366 e. The fraction of sp³-hybridized carbons (Fsp3) is 0.615. The fourth-order valence-electron chi connectivity index (χ4n) is 8.23. The van der Waals surface area contributed by atoms with E-state index in [-0.39, 0.29) is 46.9 Å². The molecular weight excluding hydrogens is 652 g/mol. The molecule has 0 spiro atoms. The Balaban J connectivity index is 1.02. The van der Waals surface area contributed by atoms with Gasteiger partial charge in [-0.25, -0.2) is 9.18 Å².